The van der Waals surface area contributed by atoms with Crippen LogP contribution in [0.25, 0.3) is 10.9 Å². The summed E-state index contributed by atoms with van der Waals surface area (Å²) in [5, 5.41) is 0.840. The Morgan fingerprint density at radius 2 is 2.11 bits per heavy atom. The molecule has 0 unspecified atom stereocenters. The molecule has 102 valence electrons. The molecule has 2 aromatic rings. The molecule has 2 rings (SSSR count). The van der Waals surface area contributed by atoms with Crippen LogP contribution in [0.1, 0.15) is 25.8 Å². The molecule has 0 aliphatic heterocycles. The van der Waals surface area contributed by atoms with Crippen LogP contribution in [0.15, 0.2) is 35.4 Å². The molecule has 0 amide bonds. The fourth-order valence-corrected chi connectivity index (χ4v) is 3.38. The minimum absolute atomic E-state index is 0.0919. The van der Waals surface area contributed by atoms with Gasteiger partial charge in [-0.15, -0.1) is 0 Å². The van der Waals surface area contributed by atoms with E-state index in [1.165, 1.54) is 0 Å². The van der Waals surface area contributed by atoms with Gasteiger partial charge in [0.1, 0.15) is 4.90 Å². The van der Waals surface area contributed by atoms with E-state index in [1.54, 1.807) is 18.3 Å². The number of aromatic nitrogens is 1. The number of fused-ring (bicyclic) bond motifs is 1. The maximum absolute atomic E-state index is 12.3. The second-order valence-electron chi connectivity index (χ2n) is 4.77. The number of hydrogen-bond acceptors (Lipinski definition) is 3. The molecule has 0 aliphatic rings. The largest absolute Gasteiger partial charge is 0.255 e. The first-order valence-electron chi connectivity index (χ1n) is 6.31. The molecule has 0 radical (unpaired) electrons. The average molecular weight is 278 g/mol. The Kier molecular flexibility index (Phi) is 3.87. The Morgan fingerprint density at radius 3 is 2.79 bits per heavy atom. The second-order valence-corrected chi connectivity index (χ2v) is 6.45. The highest BCUT2D eigenvalue weighted by molar-refractivity contribution is 7.89. The van der Waals surface area contributed by atoms with Gasteiger partial charge in [-0.05, 0) is 38.0 Å². The Balaban J connectivity index is 2.56. The van der Waals surface area contributed by atoms with E-state index >= 15 is 0 Å². The number of nitrogens with one attached hydrogen (secondary N) is 1. The Labute approximate surface area is 113 Å². The molecule has 1 atom stereocenters. The van der Waals surface area contributed by atoms with Gasteiger partial charge in [0.25, 0.3) is 0 Å². The van der Waals surface area contributed by atoms with Gasteiger partial charge in [-0.2, -0.15) is 0 Å². The van der Waals surface area contributed by atoms with Crippen LogP contribution in [0.2, 0.25) is 0 Å². The van der Waals surface area contributed by atoms with E-state index in [2.05, 4.69) is 9.71 Å². The van der Waals surface area contributed by atoms with E-state index in [0.29, 0.717) is 5.52 Å². The number of benzene rings is 1. The third-order valence-corrected chi connectivity index (χ3v) is 4.69. The zero-order valence-corrected chi connectivity index (χ0v) is 12.2. The van der Waals surface area contributed by atoms with E-state index in [0.717, 1.165) is 17.4 Å². The van der Waals surface area contributed by atoms with Crippen LogP contribution >= 0.6 is 0 Å². The molecule has 1 heterocycles. The topological polar surface area (TPSA) is 59.1 Å². The van der Waals surface area contributed by atoms with Gasteiger partial charge in [0.15, 0.2) is 0 Å². The molecule has 0 spiro atoms. The first-order valence-corrected chi connectivity index (χ1v) is 7.80. The van der Waals surface area contributed by atoms with Gasteiger partial charge in [-0.1, -0.05) is 19.1 Å². The van der Waals surface area contributed by atoms with Crippen LogP contribution in [0.5, 0.6) is 0 Å². The smallest absolute Gasteiger partial charge is 0.242 e. The van der Waals surface area contributed by atoms with Crippen molar-refractivity contribution in [2.75, 3.05) is 0 Å². The molecule has 0 saturated heterocycles. The van der Waals surface area contributed by atoms with Crippen molar-refractivity contribution in [3.05, 3.63) is 36.0 Å². The van der Waals surface area contributed by atoms with Crippen molar-refractivity contribution in [2.45, 2.75) is 38.1 Å². The lowest BCUT2D eigenvalue weighted by Crippen LogP contribution is -2.32. The van der Waals surface area contributed by atoms with Gasteiger partial charge < -0.3 is 0 Å². The zero-order chi connectivity index (χ0) is 14.0. The number of hydrogen-bond donors (Lipinski definition) is 1. The third-order valence-electron chi connectivity index (χ3n) is 3.07. The van der Waals surface area contributed by atoms with Crippen LogP contribution < -0.4 is 4.72 Å². The number of nitrogens with zero attached hydrogens (tertiary/aromatic N) is 1. The van der Waals surface area contributed by atoms with Crippen molar-refractivity contribution >= 4 is 20.9 Å². The summed E-state index contributed by atoms with van der Waals surface area (Å²) < 4.78 is 27.4. The summed E-state index contributed by atoms with van der Waals surface area (Å²) in [6, 6.07) is 7.05. The van der Waals surface area contributed by atoms with E-state index in [9.17, 15) is 8.42 Å². The maximum Gasteiger partial charge on any atom is 0.242 e. The van der Waals surface area contributed by atoms with Crippen molar-refractivity contribution in [2.24, 2.45) is 0 Å². The summed E-state index contributed by atoms with van der Waals surface area (Å²) in [4.78, 5) is 4.50. The van der Waals surface area contributed by atoms with E-state index < -0.39 is 10.0 Å². The van der Waals surface area contributed by atoms with Gasteiger partial charge in [0, 0.05) is 17.6 Å². The quantitative estimate of drug-likeness (QED) is 0.935. The lowest BCUT2D eigenvalue weighted by molar-refractivity contribution is 0.556. The molecule has 0 bridgehead atoms. The van der Waals surface area contributed by atoms with E-state index in [1.807, 2.05) is 32.9 Å². The first-order chi connectivity index (χ1) is 8.94. The van der Waals surface area contributed by atoms with Crippen molar-refractivity contribution in [1.82, 2.24) is 9.71 Å². The van der Waals surface area contributed by atoms with Gasteiger partial charge in [0.05, 0.1) is 5.52 Å². The molecular weight excluding hydrogens is 260 g/mol. The van der Waals surface area contributed by atoms with Crippen molar-refractivity contribution in [1.29, 1.82) is 0 Å². The van der Waals surface area contributed by atoms with Crippen LogP contribution in [0, 0.1) is 6.92 Å². The van der Waals surface area contributed by atoms with Crippen molar-refractivity contribution in [3.8, 4) is 0 Å². The molecule has 4 nitrogen and oxygen atoms in total. The fourth-order valence-electron chi connectivity index (χ4n) is 1.87. The molecule has 1 N–H and O–H groups in total. The zero-order valence-electron chi connectivity index (χ0n) is 11.3. The monoisotopic (exact) mass is 278 g/mol. The Hall–Kier alpha value is -1.46. The Bertz CT molecular complexity index is 696. The van der Waals surface area contributed by atoms with E-state index in [4.69, 9.17) is 0 Å². The number of aryl methyl sites for hydroxylation is 1. The minimum atomic E-state index is -3.52. The molecular formula is C14H18N2O2S. The molecule has 5 heteroatoms. The highest BCUT2D eigenvalue weighted by atomic mass is 32.2. The minimum Gasteiger partial charge on any atom is -0.255 e. The highest BCUT2D eigenvalue weighted by Gasteiger charge is 2.19. The van der Waals surface area contributed by atoms with Gasteiger partial charge in [-0.25, -0.2) is 13.1 Å². The van der Waals surface area contributed by atoms with E-state index in [-0.39, 0.29) is 10.9 Å². The number of para-hydroxylation sites is 1. The number of sulfonamides is 1. The lowest BCUT2D eigenvalue weighted by Gasteiger charge is -2.13. The molecule has 0 aliphatic carbocycles. The molecule has 0 fully saturated rings. The molecule has 19 heavy (non-hydrogen) atoms. The Morgan fingerprint density at radius 1 is 1.37 bits per heavy atom. The third kappa shape index (κ3) is 2.93. The summed E-state index contributed by atoms with van der Waals surface area (Å²) in [5.41, 5.74) is 1.53. The van der Waals surface area contributed by atoms with Crippen LogP contribution in [0.3, 0.4) is 0 Å². The SMILES string of the molecule is CC[C@@H](C)NS(=O)(=O)c1cccc2cc(C)cnc12. The second kappa shape index (κ2) is 5.27. The van der Waals surface area contributed by atoms with Crippen molar-refractivity contribution in [3.63, 3.8) is 0 Å². The predicted octanol–water partition coefficient (Wildman–Crippen LogP) is 2.62. The summed E-state index contributed by atoms with van der Waals surface area (Å²) in [7, 11) is -3.52. The molecule has 1 aromatic heterocycles. The standard InChI is InChI=1S/C14H18N2O2S/c1-4-11(3)16-19(17,18)13-7-5-6-12-8-10(2)9-15-14(12)13/h5-9,11,16H,4H2,1-3H3/t11-/m1/s1. The van der Waals surface area contributed by atoms with Gasteiger partial charge >= 0.3 is 0 Å². The lowest BCUT2D eigenvalue weighted by atomic mass is 10.2. The van der Waals surface area contributed by atoms with Crippen LogP contribution in [0.4, 0.5) is 0 Å². The summed E-state index contributed by atoms with van der Waals surface area (Å²) >= 11 is 0. The average Bonchev–Trinajstić information content (AvgIpc) is 2.37. The summed E-state index contributed by atoms with van der Waals surface area (Å²) in [6.07, 6.45) is 2.43. The van der Waals surface area contributed by atoms with Crippen LogP contribution in [-0.2, 0) is 10.0 Å². The predicted molar refractivity (Wildman–Crippen MR) is 76.6 cm³/mol. The number of pyridine rings is 1. The van der Waals surface area contributed by atoms with Gasteiger partial charge in [0.2, 0.25) is 10.0 Å². The molecule has 1 aromatic carbocycles. The fraction of sp³-hybridized carbons (Fsp3) is 0.357. The maximum atomic E-state index is 12.3. The van der Waals surface area contributed by atoms with Gasteiger partial charge in [-0.3, -0.25) is 4.98 Å². The van der Waals surface area contributed by atoms with Crippen LogP contribution in [-0.4, -0.2) is 19.4 Å². The summed E-state index contributed by atoms with van der Waals surface area (Å²) in [5.74, 6) is 0. The summed E-state index contributed by atoms with van der Waals surface area (Å²) in [6.45, 7) is 5.73. The first kappa shape index (κ1) is 14.0. The number of rotatable bonds is 4. The normalized spacial score (nSPS) is 13.6. The molecule has 0 saturated carbocycles. The van der Waals surface area contributed by atoms with Crippen molar-refractivity contribution < 1.29 is 8.42 Å². The highest BCUT2D eigenvalue weighted by Crippen LogP contribution is 2.21.